The number of rotatable bonds is 4. The van der Waals surface area contributed by atoms with Gasteiger partial charge in [-0.05, 0) is 62.3 Å². The molecule has 1 aliphatic heterocycles. The van der Waals surface area contributed by atoms with E-state index < -0.39 is 0 Å². The Hall–Kier alpha value is -2.04. The topological polar surface area (TPSA) is 58.6 Å². The van der Waals surface area contributed by atoms with E-state index in [9.17, 15) is 9.59 Å². The number of aryl methyl sites for hydroxylation is 2. The van der Waals surface area contributed by atoms with Crippen LogP contribution >= 0.6 is 0 Å². The number of fused-ring (bicyclic) bond motifs is 2. The van der Waals surface area contributed by atoms with Gasteiger partial charge in [0.15, 0.2) is 0 Å². The van der Waals surface area contributed by atoms with Gasteiger partial charge in [-0.25, -0.2) is 0 Å². The third kappa shape index (κ3) is 3.19. The van der Waals surface area contributed by atoms with Crippen molar-refractivity contribution < 1.29 is 14.3 Å². The number of amides is 1. The number of ether oxygens (including phenoxy) is 1. The maximum atomic E-state index is 12.5. The van der Waals surface area contributed by atoms with Crippen molar-refractivity contribution in [2.75, 3.05) is 23.4 Å². The second kappa shape index (κ2) is 6.60. The first-order chi connectivity index (χ1) is 11.1. The molecule has 5 heteroatoms. The standard InChI is InChI=1S/C18H24N2O3/c1-3-8-23-17(21)11-20-16-10-14-7-5-4-6-13(14)9-15(16)19-12(2)18(20)22/h9-10,12,19H,3-8,11H2,1-2H3. The number of nitrogens with zero attached hydrogens (tertiary/aromatic N) is 1. The van der Waals surface area contributed by atoms with Crippen LogP contribution < -0.4 is 10.2 Å². The molecule has 0 radical (unpaired) electrons. The van der Waals surface area contributed by atoms with Crippen molar-refractivity contribution in [3.63, 3.8) is 0 Å². The third-order valence-electron chi connectivity index (χ3n) is 4.51. The summed E-state index contributed by atoms with van der Waals surface area (Å²) < 4.78 is 5.15. The lowest BCUT2D eigenvalue weighted by molar-refractivity contribution is -0.143. The van der Waals surface area contributed by atoms with Crippen molar-refractivity contribution in [2.24, 2.45) is 0 Å². The zero-order chi connectivity index (χ0) is 16.4. The largest absolute Gasteiger partial charge is 0.464 e. The van der Waals surface area contributed by atoms with Gasteiger partial charge < -0.3 is 10.1 Å². The first kappa shape index (κ1) is 15.8. The van der Waals surface area contributed by atoms with Gasteiger partial charge in [-0.2, -0.15) is 0 Å². The Morgan fingerprint density at radius 3 is 2.70 bits per heavy atom. The summed E-state index contributed by atoms with van der Waals surface area (Å²) >= 11 is 0. The number of carbonyl (C=O) groups excluding carboxylic acids is 2. The molecule has 5 nitrogen and oxygen atoms in total. The maximum Gasteiger partial charge on any atom is 0.326 e. The molecule has 0 fully saturated rings. The van der Waals surface area contributed by atoms with Gasteiger partial charge in [0.2, 0.25) is 5.91 Å². The average molecular weight is 316 g/mol. The lowest BCUT2D eigenvalue weighted by Crippen LogP contribution is -2.48. The van der Waals surface area contributed by atoms with Crippen molar-refractivity contribution in [3.8, 4) is 0 Å². The van der Waals surface area contributed by atoms with Gasteiger partial charge in [0, 0.05) is 0 Å². The van der Waals surface area contributed by atoms with Crippen LogP contribution in [0.25, 0.3) is 0 Å². The van der Waals surface area contributed by atoms with E-state index in [1.165, 1.54) is 24.0 Å². The predicted molar refractivity (Wildman–Crippen MR) is 89.8 cm³/mol. The molecule has 2 aliphatic rings. The van der Waals surface area contributed by atoms with Crippen LogP contribution in [0.2, 0.25) is 0 Å². The molecule has 23 heavy (non-hydrogen) atoms. The molecule has 0 saturated heterocycles. The fourth-order valence-corrected chi connectivity index (χ4v) is 3.31. The third-order valence-corrected chi connectivity index (χ3v) is 4.51. The van der Waals surface area contributed by atoms with E-state index >= 15 is 0 Å². The normalized spacial score (nSPS) is 19.7. The molecular formula is C18H24N2O3. The Kier molecular flexibility index (Phi) is 4.55. The van der Waals surface area contributed by atoms with E-state index in [1.54, 1.807) is 4.90 Å². The van der Waals surface area contributed by atoms with Crippen LogP contribution in [0, 0.1) is 0 Å². The Labute approximate surface area is 137 Å². The summed E-state index contributed by atoms with van der Waals surface area (Å²) in [6.45, 7) is 4.16. The van der Waals surface area contributed by atoms with E-state index in [1.807, 2.05) is 13.8 Å². The van der Waals surface area contributed by atoms with Crippen LogP contribution in [-0.4, -0.2) is 31.1 Å². The SMILES string of the molecule is CCCOC(=O)CN1C(=O)C(C)Nc2cc3c(cc21)CCCC3. The lowest BCUT2D eigenvalue weighted by atomic mass is 9.90. The highest BCUT2D eigenvalue weighted by molar-refractivity contribution is 6.07. The zero-order valence-electron chi connectivity index (χ0n) is 13.9. The number of carbonyl (C=O) groups is 2. The molecule has 0 spiro atoms. The van der Waals surface area contributed by atoms with Crippen molar-refractivity contribution in [1.82, 2.24) is 0 Å². The van der Waals surface area contributed by atoms with Crippen LogP contribution in [0.3, 0.4) is 0 Å². The lowest BCUT2D eigenvalue weighted by Gasteiger charge is -2.35. The van der Waals surface area contributed by atoms with Gasteiger partial charge in [-0.1, -0.05) is 6.92 Å². The summed E-state index contributed by atoms with van der Waals surface area (Å²) in [6.07, 6.45) is 5.31. The number of anilines is 2. The van der Waals surface area contributed by atoms with Crippen LogP contribution in [0.4, 0.5) is 11.4 Å². The van der Waals surface area contributed by atoms with E-state index in [2.05, 4.69) is 17.4 Å². The average Bonchev–Trinajstić information content (AvgIpc) is 2.55. The summed E-state index contributed by atoms with van der Waals surface area (Å²) in [5, 5.41) is 3.26. The van der Waals surface area contributed by atoms with E-state index in [0.29, 0.717) is 6.61 Å². The van der Waals surface area contributed by atoms with Gasteiger partial charge in [-0.15, -0.1) is 0 Å². The highest BCUT2D eigenvalue weighted by atomic mass is 16.5. The molecule has 0 saturated carbocycles. The van der Waals surface area contributed by atoms with Crippen LogP contribution in [0.5, 0.6) is 0 Å². The molecule has 124 valence electrons. The molecule has 1 aromatic carbocycles. The van der Waals surface area contributed by atoms with Crippen LogP contribution in [0.1, 0.15) is 44.2 Å². The Bertz CT molecular complexity index is 627. The summed E-state index contributed by atoms with van der Waals surface area (Å²) in [4.78, 5) is 26.1. The van der Waals surface area contributed by atoms with E-state index in [0.717, 1.165) is 30.6 Å². The first-order valence-corrected chi connectivity index (χ1v) is 8.49. The molecule has 0 bridgehead atoms. The van der Waals surface area contributed by atoms with Gasteiger partial charge in [0.25, 0.3) is 0 Å². The predicted octanol–water partition coefficient (Wildman–Crippen LogP) is 2.67. The molecule has 3 rings (SSSR count). The fourth-order valence-electron chi connectivity index (χ4n) is 3.31. The van der Waals surface area contributed by atoms with Crippen molar-refractivity contribution in [1.29, 1.82) is 0 Å². The summed E-state index contributed by atoms with van der Waals surface area (Å²) in [5.74, 6) is -0.431. The molecule has 0 aromatic heterocycles. The fraction of sp³-hybridized carbons (Fsp3) is 0.556. The molecule has 1 N–H and O–H groups in total. The summed E-state index contributed by atoms with van der Waals surface area (Å²) in [6, 6.07) is 3.90. The first-order valence-electron chi connectivity index (χ1n) is 8.49. The number of esters is 1. The molecular weight excluding hydrogens is 292 g/mol. The molecule has 1 aromatic rings. The number of nitrogens with one attached hydrogen (secondary N) is 1. The maximum absolute atomic E-state index is 12.5. The van der Waals surface area contributed by atoms with Gasteiger partial charge in [0.05, 0.1) is 18.0 Å². The number of benzene rings is 1. The van der Waals surface area contributed by atoms with Crippen molar-refractivity contribution in [3.05, 3.63) is 23.3 Å². The summed E-state index contributed by atoms with van der Waals surface area (Å²) in [5.41, 5.74) is 4.41. The van der Waals surface area contributed by atoms with Crippen LogP contribution in [-0.2, 0) is 27.2 Å². The van der Waals surface area contributed by atoms with Gasteiger partial charge in [-0.3, -0.25) is 14.5 Å². The molecule has 1 aliphatic carbocycles. The molecule has 1 unspecified atom stereocenters. The molecule has 1 amide bonds. The Morgan fingerprint density at radius 2 is 2.00 bits per heavy atom. The quantitative estimate of drug-likeness (QED) is 0.868. The summed E-state index contributed by atoms with van der Waals surface area (Å²) in [7, 11) is 0. The minimum Gasteiger partial charge on any atom is -0.464 e. The number of hydrogen-bond acceptors (Lipinski definition) is 4. The molecule has 1 heterocycles. The van der Waals surface area contributed by atoms with E-state index in [-0.39, 0.29) is 24.5 Å². The smallest absolute Gasteiger partial charge is 0.326 e. The minimum atomic E-state index is -0.349. The monoisotopic (exact) mass is 316 g/mol. The highest BCUT2D eigenvalue weighted by Crippen LogP contribution is 2.36. The number of hydrogen-bond donors (Lipinski definition) is 1. The second-order valence-electron chi connectivity index (χ2n) is 6.36. The van der Waals surface area contributed by atoms with Crippen molar-refractivity contribution >= 4 is 23.3 Å². The Morgan fingerprint density at radius 1 is 1.30 bits per heavy atom. The zero-order valence-corrected chi connectivity index (χ0v) is 13.9. The van der Waals surface area contributed by atoms with Crippen molar-refractivity contribution in [2.45, 2.75) is 52.0 Å². The minimum absolute atomic E-state index is 0.0172. The second-order valence-corrected chi connectivity index (χ2v) is 6.36. The van der Waals surface area contributed by atoms with E-state index in [4.69, 9.17) is 4.74 Å². The Balaban J connectivity index is 1.90. The van der Waals surface area contributed by atoms with Gasteiger partial charge in [0.1, 0.15) is 12.6 Å². The van der Waals surface area contributed by atoms with Gasteiger partial charge >= 0.3 is 5.97 Å². The van der Waals surface area contributed by atoms with Crippen LogP contribution in [0.15, 0.2) is 12.1 Å². The highest BCUT2D eigenvalue weighted by Gasteiger charge is 2.32. The molecule has 1 atom stereocenters.